The molecule has 0 bridgehead atoms. The molecule has 0 aliphatic carbocycles. The fourth-order valence-corrected chi connectivity index (χ4v) is 5.09. The van der Waals surface area contributed by atoms with E-state index in [4.69, 9.17) is 23.7 Å². The smallest absolute Gasteiger partial charge is 0.344 e. The van der Waals surface area contributed by atoms with Crippen LogP contribution < -0.4 is 9.47 Å². The summed E-state index contributed by atoms with van der Waals surface area (Å²) in [7, 11) is 0. The Labute approximate surface area is 310 Å². The molecule has 296 valence electrons. The topological polar surface area (TPSA) is 377 Å². The zero-order valence-corrected chi connectivity index (χ0v) is 27.7. The number of rotatable bonds is 9. The maximum atomic E-state index is 13.2. The third-order valence-corrected chi connectivity index (χ3v) is 7.87. The van der Waals surface area contributed by atoms with E-state index in [-0.39, 0.29) is 0 Å². The fraction of sp³-hybridized carbons (Fsp3) is 0.176. The predicted octanol–water partition coefficient (Wildman–Crippen LogP) is 0.00240. The van der Waals surface area contributed by atoms with Gasteiger partial charge in [-0.1, -0.05) is 0 Å². The molecule has 0 spiro atoms. The highest BCUT2D eigenvalue weighted by molar-refractivity contribution is 5.96. The van der Waals surface area contributed by atoms with Gasteiger partial charge < -0.3 is 90.1 Å². The molecule has 0 amide bonds. The van der Waals surface area contributed by atoms with Crippen LogP contribution in [-0.2, 0) is 14.2 Å². The average molecular weight is 789 g/mol. The molecule has 0 radical (unpaired) electrons. The molecule has 5 atom stereocenters. The number of carbonyl (C=O) groups is 4. The highest BCUT2D eigenvalue weighted by Gasteiger charge is 2.49. The second-order valence-corrected chi connectivity index (χ2v) is 11.7. The van der Waals surface area contributed by atoms with Crippen LogP contribution in [0.2, 0.25) is 0 Å². The van der Waals surface area contributed by atoms with E-state index < -0.39 is 152 Å². The summed E-state index contributed by atoms with van der Waals surface area (Å²) in [5.41, 5.74) is -2.50. The Kier molecular flexibility index (Phi) is 11.0. The number of aromatic hydroxyl groups is 10. The summed E-state index contributed by atoms with van der Waals surface area (Å²) in [4.78, 5) is 51.3. The molecule has 1 saturated heterocycles. The number of esters is 4. The minimum atomic E-state index is -2.24. The lowest BCUT2D eigenvalue weighted by Crippen LogP contribution is -2.61. The van der Waals surface area contributed by atoms with E-state index in [1.54, 1.807) is 0 Å². The number of carbonyl (C=O) groups excluding carboxylic acids is 4. The van der Waals surface area contributed by atoms with Crippen molar-refractivity contribution in [2.24, 2.45) is 0 Å². The fourth-order valence-electron chi connectivity index (χ4n) is 5.09. The van der Waals surface area contributed by atoms with Gasteiger partial charge in [0, 0.05) is 0 Å². The standard InChI is InChI=1S/C34H28O22/c35-9-22-25(46)28(55-32(49)12-5-18(40)26(19(41)6-12)53-30(47)10-1-14(36)23(44)15(37)2-10)29(34(51)52-22)56-33(50)13-7-20(42)27(21(43)8-13)54-31(48)11-3-16(38)24(45)17(39)4-11/h1-8,22,25,28-29,34-46,51H,9H2/t22-,25-,28+,29-,34?/m1/s1. The van der Waals surface area contributed by atoms with Gasteiger partial charge in [0.25, 0.3) is 0 Å². The molecule has 4 aromatic carbocycles. The van der Waals surface area contributed by atoms with Crippen LogP contribution in [0.1, 0.15) is 41.4 Å². The van der Waals surface area contributed by atoms with Crippen molar-refractivity contribution >= 4 is 23.9 Å². The van der Waals surface area contributed by atoms with Crippen molar-refractivity contribution in [3.8, 4) is 69.0 Å². The van der Waals surface area contributed by atoms with E-state index in [2.05, 4.69) is 0 Å². The molecule has 22 heteroatoms. The zero-order chi connectivity index (χ0) is 41.3. The van der Waals surface area contributed by atoms with Crippen LogP contribution in [-0.4, -0.2) is 128 Å². The maximum Gasteiger partial charge on any atom is 0.344 e. The van der Waals surface area contributed by atoms with Gasteiger partial charge >= 0.3 is 23.9 Å². The summed E-state index contributed by atoms with van der Waals surface area (Å²) in [5.74, 6) is -17.4. The van der Waals surface area contributed by atoms with Crippen LogP contribution in [0, 0.1) is 0 Å². The van der Waals surface area contributed by atoms with Gasteiger partial charge in [-0.15, -0.1) is 0 Å². The van der Waals surface area contributed by atoms with E-state index in [9.17, 15) is 85.6 Å². The SMILES string of the molecule is O=C(Oc1c(O)cc(C(=O)O[C@H]2[C@H](O)[C@@H](CO)OC(O)[C@@H]2OC(=O)c2cc(O)c(OC(=O)c3cc(O)c(O)c(O)c3)c(O)c2)cc1O)c1cc(O)c(O)c(O)c1. The average Bonchev–Trinajstić information content (AvgIpc) is 3.14. The molecule has 0 saturated carbocycles. The lowest BCUT2D eigenvalue weighted by Gasteiger charge is -2.41. The first-order valence-corrected chi connectivity index (χ1v) is 15.4. The molecule has 1 heterocycles. The first-order valence-electron chi connectivity index (χ1n) is 15.4. The summed E-state index contributed by atoms with van der Waals surface area (Å²) in [6.45, 7) is -0.976. The lowest BCUT2D eigenvalue weighted by molar-refractivity contribution is -0.285. The minimum absolute atomic E-state index is 0.550. The van der Waals surface area contributed by atoms with Crippen LogP contribution in [0.4, 0.5) is 0 Å². The van der Waals surface area contributed by atoms with Gasteiger partial charge in [-0.25, -0.2) is 19.2 Å². The number of ether oxygens (including phenoxy) is 5. The van der Waals surface area contributed by atoms with Crippen LogP contribution in [0.15, 0.2) is 48.5 Å². The summed E-state index contributed by atoms with van der Waals surface area (Å²) >= 11 is 0. The first kappa shape index (κ1) is 39.8. The van der Waals surface area contributed by atoms with Crippen LogP contribution >= 0.6 is 0 Å². The van der Waals surface area contributed by atoms with Crippen LogP contribution in [0.3, 0.4) is 0 Å². The van der Waals surface area contributed by atoms with Crippen molar-refractivity contribution < 1.29 is 109 Å². The highest BCUT2D eigenvalue weighted by Crippen LogP contribution is 2.42. The summed E-state index contributed by atoms with van der Waals surface area (Å²) in [6, 6.07) is 5.18. The monoisotopic (exact) mass is 788 g/mol. The van der Waals surface area contributed by atoms with Gasteiger partial charge in [0.2, 0.25) is 11.5 Å². The second-order valence-electron chi connectivity index (χ2n) is 11.7. The van der Waals surface area contributed by atoms with Crippen molar-refractivity contribution in [2.45, 2.75) is 30.7 Å². The van der Waals surface area contributed by atoms with Crippen LogP contribution in [0.5, 0.6) is 69.0 Å². The Morgan fingerprint density at radius 2 is 0.786 bits per heavy atom. The third-order valence-electron chi connectivity index (χ3n) is 7.87. The van der Waals surface area contributed by atoms with E-state index in [1.165, 1.54) is 0 Å². The highest BCUT2D eigenvalue weighted by atomic mass is 16.7. The van der Waals surface area contributed by atoms with E-state index in [0.29, 0.717) is 48.5 Å². The van der Waals surface area contributed by atoms with Gasteiger partial charge in [-0.2, -0.15) is 0 Å². The Balaban J connectivity index is 1.34. The maximum absolute atomic E-state index is 13.2. The molecule has 5 rings (SSSR count). The third kappa shape index (κ3) is 7.92. The summed E-state index contributed by atoms with van der Waals surface area (Å²) in [5, 5.41) is 130. The number of phenolic OH excluding ortho intramolecular Hbond substituents is 10. The van der Waals surface area contributed by atoms with Gasteiger partial charge in [-0.3, -0.25) is 0 Å². The van der Waals surface area contributed by atoms with E-state index >= 15 is 0 Å². The van der Waals surface area contributed by atoms with Gasteiger partial charge in [0.1, 0.15) is 12.2 Å². The number of aliphatic hydroxyl groups is 3. The molecule has 1 aliphatic heterocycles. The second kappa shape index (κ2) is 15.5. The normalized spacial score (nSPS) is 19.1. The van der Waals surface area contributed by atoms with Gasteiger partial charge in [-0.05, 0) is 48.5 Å². The van der Waals surface area contributed by atoms with Crippen molar-refractivity contribution in [2.75, 3.05) is 6.61 Å². The number of phenols is 10. The summed E-state index contributed by atoms with van der Waals surface area (Å²) in [6.07, 6.45) is -10.2. The number of hydrogen-bond donors (Lipinski definition) is 13. The Hall–Kier alpha value is -7.40. The van der Waals surface area contributed by atoms with Gasteiger partial charge in [0.05, 0.1) is 28.9 Å². The summed E-state index contributed by atoms with van der Waals surface area (Å²) < 4.78 is 25.2. The van der Waals surface area contributed by atoms with Crippen LogP contribution in [0.25, 0.3) is 0 Å². The molecule has 1 aliphatic rings. The number of benzene rings is 4. The molecular formula is C34H28O22. The molecule has 4 aromatic rings. The van der Waals surface area contributed by atoms with Crippen molar-refractivity contribution in [3.63, 3.8) is 0 Å². The van der Waals surface area contributed by atoms with Crippen molar-refractivity contribution in [1.29, 1.82) is 0 Å². The zero-order valence-electron chi connectivity index (χ0n) is 27.7. The van der Waals surface area contributed by atoms with Crippen molar-refractivity contribution in [3.05, 3.63) is 70.8 Å². The van der Waals surface area contributed by atoms with Crippen molar-refractivity contribution in [1.82, 2.24) is 0 Å². The molecule has 0 aromatic heterocycles. The quantitative estimate of drug-likeness (QED) is 0.0603. The molecule has 22 nitrogen and oxygen atoms in total. The predicted molar refractivity (Wildman–Crippen MR) is 175 cm³/mol. The molecule has 56 heavy (non-hydrogen) atoms. The Bertz CT molecular complexity index is 2140. The molecular weight excluding hydrogens is 760 g/mol. The molecule has 1 fully saturated rings. The number of hydrogen-bond acceptors (Lipinski definition) is 22. The molecule has 1 unspecified atom stereocenters. The Morgan fingerprint density at radius 3 is 1.12 bits per heavy atom. The van der Waals surface area contributed by atoms with Gasteiger partial charge in [0.15, 0.2) is 76.0 Å². The number of aliphatic hydroxyl groups excluding tert-OH is 3. The van der Waals surface area contributed by atoms with E-state index in [0.717, 1.165) is 0 Å². The first-order chi connectivity index (χ1) is 26.3. The minimum Gasteiger partial charge on any atom is -0.504 e. The lowest BCUT2D eigenvalue weighted by atomic mass is 9.98. The van der Waals surface area contributed by atoms with E-state index in [1.807, 2.05) is 0 Å². The molecule has 13 N–H and O–H groups in total. The largest absolute Gasteiger partial charge is 0.504 e. The Morgan fingerprint density at radius 1 is 0.482 bits per heavy atom.